The number of rotatable bonds is 6. The highest BCUT2D eigenvalue weighted by Gasteiger charge is 2.22. The van der Waals surface area contributed by atoms with Gasteiger partial charge in [0.1, 0.15) is 6.61 Å². The van der Waals surface area contributed by atoms with Crippen LogP contribution in [0.25, 0.3) is 0 Å². The van der Waals surface area contributed by atoms with Gasteiger partial charge in [-0.3, -0.25) is 4.79 Å². The molecule has 1 saturated heterocycles. The van der Waals surface area contributed by atoms with Crippen molar-refractivity contribution in [2.24, 2.45) is 0 Å². The summed E-state index contributed by atoms with van der Waals surface area (Å²) in [5.41, 5.74) is 3.22. The van der Waals surface area contributed by atoms with E-state index in [0.717, 1.165) is 29.9 Å². The maximum atomic E-state index is 12.3. The van der Waals surface area contributed by atoms with Crippen molar-refractivity contribution < 1.29 is 19.1 Å². The first kappa shape index (κ1) is 19.7. The summed E-state index contributed by atoms with van der Waals surface area (Å²) >= 11 is 0. The van der Waals surface area contributed by atoms with Crippen LogP contribution in [0.15, 0.2) is 54.6 Å². The minimum atomic E-state index is -0.262. The lowest BCUT2D eigenvalue weighted by molar-refractivity contribution is -0.140. The number of esters is 1. The number of nitrogens with zero attached hydrogens (tertiary/aromatic N) is 2. The monoisotopic (exact) mass is 382 g/mol. The van der Waals surface area contributed by atoms with Crippen LogP contribution in [0.4, 0.5) is 10.5 Å². The Kier molecular flexibility index (Phi) is 6.89. The van der Waals surface area contributed by atoms with E-state index in [0.29, 0.717) is 32.5 Å². The van der Waals surface area contributed by atoms with Gasteiger partial charge in [-0.2, -0.15) is 0 Å². The number of hydrogen-bond acceptors (Lipinski definition) is 5. The number of methoxy groups -OCH3 is 1. The van der Waals surface area contributed by atoms with Gasteiger partial charge in [0.05, 0.1) is 7.11 Å². The molecule has 0 aromatic heterocycles. The molecule has 0 atom stereocenters. The average molecular weight is 382 g/mol. The Morgan fingerprint density at radius 3 is 2.21 bits per heavy atom. The molecule has 0 radical (unpaired) electrons. The highest BCUT2D eigenvalue weighted by Crippen LogP contribution is 2.18. The summed E-state index contributed by atoms with van der Waals surface area (Å²) in [5.74, 6) is -0.195. The van der Waals surface area contributed by atoms with E-state index < -0.39 is 0 Å². The Bertz CT molecular complexity index is 769. The summed E-state index contributed by atoms with van der Waals surface area (Å²) in [7, 11) is 1.41. The number of hydrogen-bond donors (Lipinski definition) is 0. The molecule has 1 aliphatic heterocycles. The Balaban J connectivity index is 1.44. The van der Waals surface area contributed by atoms with Gasteiger partial charge in [-0.15, -0.1) is 0 Å². The van der Waals surface area contributed by atoms with Crippen LogP contribution in [0.3, 0.4) is 0 Å². The molecule has 2 aromatic carbocycles. The fourth-order valence-electron chi connectivity index (χ4n) is 3.18. The molecule has 2 aromatic rings. The van der Waals surface area contributed by atoms with Gasteiger partial charge >= 0.3 is 12.1 Å². The molecule has 1 fully saturated rings. The van der Waals surface area contributed by atoms with Crippen molar-refractivity contribution in [3.8, 4) is 0 Å². The first-order valence-corrected chi connectivity index (χ1v) is 9.52. The zero-order valence-corrected chi connectivity index (χ0v) is 16.2. The largest absolute Gasteiger partial charge is 0.469 e. The van der Waals surface area contributed by atoms with E-state index in [2.05, 4.69) is 21.8 Å². The molecule has 0 unspecified atom stereocenters. The molecule has 28 heavy (non-hydrogen) atoms. The van der Waals surface area contributed by atoms with Crippen molar-refractivity contribution in [1.82, 2.24) is 4.90 Å². The van der Waals surface area contributed by atoms with Gasteiger partial charge in [-0.25, -0.2) is 4.79 Å². The second-order valence-electron chi connectivity index (χ2n) is 6.76. The number of carbonyl (C=O) groups is 2. The molecule has 6 nitrogen and oxygen atoms in total. The van der Waals surface area contributed by atoms with Crippen LogP contribution < -0.4 is 4.90 Å². The molecule has 0 bridgehead atoms. The van der Waals surface area contributed by atoms with Crippen molar-refractivity contribution in [3.05, 3.63) is 65.7 Å². The number of carbonyl (C=O) groups excluding carboxylic acids is 2. The summed E-state index contributed by atoms with van der Waals surface area (Å²) in [5, 5.41) is 0. The molecule has 148 valence electrons. The maximum Gasteiger partial charge on any atom is 0.410 e. The van der Waals surface area contributed by atoms with Crippen LogP contribution >= 0.6 is 0 Å². The third-order valence-corrected chi connectivity index (χ3v) is 4.89. The molecule has 1 amide bonds. The Morgan fingerprint density at radius 1 is 0.893 bits per heavy atom. The minimum Gasteiger partial charge on any atom is -0.469 e. The van der Waals surface area contributed by atoms with E-state index >= 15 is 0 Å². The Hall–Kier alpha value is -3.02. The molecule has 3 rings (SSSR count). The van der Waals surface area contributed by atoms with Crippen molar-refractivity contribution in [3.63, 3.8) is 0 Å². The topological polar surface area (TPSA) is 59.1 Å². The summed E-state index contributed by atoms with van der Waals surface area (Å²) < 4.78 is 10.1. The number of aryl methyl sites for hydroxylation is 1. The van der Waals surface area contributed by atoms with E-state index in [-0.39, 0.29) is 12.1 Å². The van der Waals surface area contributed by atoms with Crippen molar-refractivity contribution in [2.45, 2.75) is 19.4 Å². The molecule has 0 saturated carbocycles. The van der Waals surface area contributed by atoms with Gasteiger partial charge < -0.3 is 19.3 Å². The predicted molar refractivity (Wildman–Crippen MR) is 107 cm³/mol. The summed E-state index contributed by atoms with van der Waals surface area (Å²) in [6, 6.07) is 17.9. The smallest absolute Gasteiger partial charge is 0.410 e. The quantitative estimate of drug-likeness (QED) is 0.718. The van der Waals surface area contributed by atoms with E-state index in [1.165, 1.54) is 7.11 Å². The van der Waals surface area contributed by atoms with E-state index in [1.807, 2.05) is 42.5 Å². The first-order chi connectivity index (χ1) is 13.7. The summed E-state index contributed by atoms with van der Waals surface area (Å²) in [6.07, 6.45) is 0.801. The van der Waals surface area contributed by atoms with Gasteiger partial charge in [0.2, 0.25) is 0 Å². The van der Waals surface area contributed by atoms with E-state index in [4.69, 9.17) is 4.74 Å². The van der Waals surface area contributed by atoms with Crippen LogP contribution in [0.5, 0.6) is 0 Å². The highest BCUT2D eigenvalue weighted by atomic mass is 16.6. The van der Waals surface area contributed by atoms with Gasteiger partial charge in [-0.1, -0.05) is 42.5 Å². The third-order valence-electron chi connectivity index (χ3n) is 4.89. The van der Waals surface area contributed by atoms with Crippen molar-refractivity contribution in [1.29, 1.82) is 0 Å². The maximum absolute atomic E-state index is 12.3. The van der Waals surface area contributed by atoms with E-state index in [1.54, 1.807) is 4.90 Å². The summed E-state index contributed by atoms with van der Waals surface area (Å²) in [4.78, 5) is 27.5. The molecular formula is C22H26N2O4. The van der Waals surface area contributed by atoms with Gasteiger partial charge in [0.25, 0.3) is 0 Å². The van der Waals surface area contributed by atoms with Crippen LogP contribution in [-0.4, -0.2) is 50.3 Å². The fraction of sp³-hybridized carbons (Fsp3) is 0.364. The highest BCUT2D eigenvalue weighted by molar-refractivity contribution is 5.69. The van der Waals surface area contributed by atoms with Crippen LogP contribution in [0, 0.1) is 0 Å². The number of amides is 1. The predicted octanol–water partition coefficient (Wildman–Crippen LogP) is 3.25. The summed E-state index contributed by atoms with van der Waals surface area (Å²) in [6.45, 7) is 3.10. The minimum absolute atomic E-state index is 0.195. The number of anilines is 1. The third kappa shape index (κ3) is 5.49. The average Bonchev–Trinajstić information content (AvgIpc) is 2.77. The second kappa shape index (κ2) is 9.78. The van der Waals surface area contributed by atoms with Crippen LogP contribution in [-0.2, 0) is 27.3 Å². The number of benzene rings is 2. The second-order valence-corrected chi connectivity index (χ2v) is 6.76. The lowest BCUT2D eigenvalue weighted by Crippen LogP contribution is -2.48. The molecular weight excluding hydrogens is 356 g/mol. The molecule has 1 aliphatic rings. The molecule has 0 spiro atoms. The van der Waals surface area contributed by atoms with E-state index in [9.17, 15) is 9.59 Å². The number of ether oxygens (including phenoxy) is 2. The Morgan fingerprint density at radius 2 is 1.57 bits per heavy atom. The SMILES string of the molecule is COC(=O)CCc1ccc(N2CCN(C(=O)OCc3ccccc3)CC2)cc1. The zero-order chi connectivity index (χ0) is 19.8. The van der Waals surface area contributed by atoms with Gasteiger partial charge in [0.15, 0.2) is 0 Å². The van der Waals surface area contributed by atoms with Gasteiger partial charge in [-0.05, 0) is 29.7 Å². The van der Waals surface area contributed by atoms with Crippen molar-refractivity contribution in [2.75, 3.05) is 38.2 Å². The standard InChI is InChI=1S/C22H26N2O4/c1-27-21(25)12-9-18-7-10-20(11-8-18)23-13-15-24(16-14-23)22(26)28-17-19-5-3-2-4-6-19/h2-8,10-11H,9,12-17H2,1H3. The molecule has 1 heterocycles. The zero-order valence-electron chi connectivity index (χ0n) is 16.2. The van der Waals surface area contributed by atoms with Crippen LogP contribution in [0.2, 0.25) is 0 Å². The Labute approximate surface area is 165 Å². The van der Waals surface area contributed by atoms with Gasteiger partial charge in [0, 0.05) is 38.3 Å². The fourth-order valence-corrected chi connectivity index (χ4v) is 3.18. The molecule has 0 N–H and O–H groups in total. The lowest BCUT2D eigenvalue weighted by atomic mass is 10.1. The van der Waals surface area contributed by atoms with Crippen molar-refractivity contribution >= 4 is 17.7 Å². The molecule has 6 heteroatoms. The molecule has 0 aliphatic carbocycles. The van der Waals surface area contributed by atoms with Crippen LogP contribution in [0.1, 0.15) is 17.5 Å². The lowest BCUT2D eigenvalue weighted by Gasteiger charge is -2.35. The normalized spacial score (nSPS) is 13.9. The first-order valence-electron chi connectivity index (χ1n) is 9.52. The number of piperazine rings is 1.